The summed E-state index contributed by atoms with van der Waals surface area (Å²) in [5.74, 6) is 0.623. The van der Waals surface area contributed by atoms with Gasteiger partial charge < -0.3 is 15.5 Å². The van der Waals surface area contributed by atoms with Gasteiger partial charge in [0.15, 0.2) is 5.96 Å². The molecule has 2 rings (SSSR count). The molecule has 0 spiro atoms. The van der Waals surface area contributed by atoms with E-state index in [9.17, 15) is 4.79 Å². The quantitative estimate of drug-likeness (QED) is 0.415. The molecule has 0 aliphatic carbocycles. The summed E-state index contributed by atoms with van der Waals surface area (Å²) < 4.78 is 0. The van der Waals surface area contributed by atoms with Crippen LogP contribution in [-0.4, -0.2) is 44.0 Å². The van der Waals surface area contributed by atoms with Gasteiger partial charge in [0, 0.05) is 20.6 Å². The van der Waals surface area contributed by atoms with Gasteiger partial charge in [0.05, 0.1) is 6.04 Å². The van der Waals surface area contributed by atoms with E-state index in [1.165, 1.54) is 16.3 Å². The minimum Gasteiger partial charge on any atom is -0.357 e. The van der Waals surface area contributed by atoms with Gasteiger partial charge in [-0.1, -0.05) is 42.5 Å². The minimum absolute atomic E-state index is 0. The van der Waals surface area contributed by atoms with E-state index in [-0.39, 0.29) is 42.5 Å². The minimum atomic E-state index is -0.0231. The van der Waals surface area contributed by atoms with Gasteiger partial charge >= 0.3 is 0 Å². The lowest BCUT2D eigenvalue weighted by molar-refractivity contribution is -0.127. The van der Waals surface area contributed by atoms with Crippen LogP contribution in [0, 0.1) is 0 Å². The number of hydrogen-bond donors (Lipinski definition) is 2. The Morgan fingerprint density at radius 1 is 1.16 bits per heavy atom. The number of rotatable bonds is 5. The summed E-state index contributed by atoms with van der Waals surface area (Å²) in [5, 5.41) is 9.02. The van der Waals surface area contributed by atoms with E-state index in [0.29, 0.717) is 5.96 Å². The summed E-state index contributed by atoms with van der Waals surface area (Å²) in [5.41, 5.74) is 1.21. The number of nitrogens with zero attached hydrogens (tertiary/aromatic N) is 2. The Kier molecular flexibility index (Phi) is 8.68. The van der Waals surface area contributed by atoms with Crippen molar-refractivity contribution in [2.24, 2.45) is 4.99 Å². The van der Waals surface area contributed by atoms with Crippen LogP contribution in [0.5, 0.6) is 0 Å². The standard InChI is InChI=1S/C19H26N4O.HI/c1-5-20-19(21-13-18(24)23(3)4)22-14(2)16-12-8-10-15-9-6-7-11-17(15)16;/h6-12,14H,5,13H2,1-4H3,(H2,20,21,22);1H. The highest BCUT2D eigenvalue weighted by Gasteiger charge is 2.11. The van der Waals surface area contributed by atoms with Crippen LogP contribution >= 0.6 is 24.0 Å². The number of likely N-dealkylation sites (N-methyl/N-ethyl adjacent to an activating group) is 1. The highest BCUT2D eigenvalue weighted by atomic mass is 127. The van der Waals surface area contributed by atoms with Crippen molar-refractivity contribution in [1.82, 2.24) is 15.5 Å². The summed E-state index contributed by atoms with van der Waals surface area (Å²) >= 11 is 0. The van der Waals surface area contributed by atoms with Crippen LogP contribution in [0.4, 0.5) is 0 Å². The molecule has 2 aromatic carbocycles. The molecule has 136 valence electrons. The summed E-state index contributed by atoms with van der Waals surface area (Å²) in [4.78, 5) is 17.7. The van der Waals surface area contributed by atoms with E-state index in [1.54, 1.807) is 19.0 Å². The van der Waals surface area contributed by atoms with Gasteiger partial charge in [-0.2, -0.15) is 0 Å². The number of nitrogens with one attached hydrogen (secondary N) is 2. The van der Waals surface area contributed by atoms with E-state index in [0.717, 1.165) is 6.54 Å². The van der Waals surface area contributed by atoms with E-state index in [4.69, 9.17) is 0 Å². The lowest BCUT2D eigenvalue weighted by Crippen LogP contribution is -2.39. The molecule has 0 aliphatic rings. The zero-order chi connectivity index (χ0) is 17.5. The summed E-state index contributed by atoms with van der Waals surface area (Å²) in [7, 11) is 3.47. The van der Waals surface area contributed by atoms with Crippen LogP contribution in [0.15, 0.2) is 47.5 Å². The Balaban J connectivity index is 0.00000312. The highest BCUT2D eigenvalue weighted by molar-refractivity contribution is 14.0. The van der Waals surface area contributed by atoms with Crippen molar-refractivity contribution in [2.75, 3.05) is 27.2 Å². The zero-order valence-electron chi connectivity index (χ0n) is 15.2. The molecule has 0 aromatic heterocycles. The van der Waals surface area contributed by atoms with Crippen LogP contribution in [0.1, 0.15) is 25.5 Å². The fourth-order valence-corrected chi connectivity index (χ4v) is 2.52. The zero-order valence-corrected chi connectivity index (χ0v) is 17.6. The number of guanidine groups is 1. The Morgan fingerprint density at radius 3 is 2.52 bits per heavy atom. The van der Waals surface area contributed by atoms with Gasteiger partial charge in [0.1, 0.15) is 6.54 Å². The summed E-state index contributed by atoms with van der Waals surface area (Å²) in [6, 6.07) is 14.7. The van der Waals surface area contributed by atoms with Crippen molar-refractivity contribution < 1.29 is 4.79 Å². The molecule has 2 N–H and O–H groups in total. The number of carbonyl (C=O) groups excluding carboxylic acids is 1. The van der Waals surface area contributed by atoms with Gasteiger partial charge in [-0.3, -0.25) is 4.79 Å². The predicted octanol–water partition coefficient (Wildman–Crippen LogP) is 3.16. The lowest BCUT2D eigenvalue weighted by Gasteiger charge is -2.20. The third-order valence-corrected chi connectivity index (χ3v) is 3.86. The van der Waals surface area contributed by atoms with Crippen LogP contribution in [-0.2, 0) is 4.79 Å². The summed E-state index contributed by atoms with van der Waals surface area (Å²) in [6.45, 7) is 4.98. The molecule has 0 fully saturated rings. The van der Waals surface area contributed by atoms with Crippen molar-refractivity contribution in [1.29, 1.82) is 0 Å². The van der Waals surface area contributed by atoms with E-state index in [2.05, 4.69) is 52.9 Å². The first-order valence-electron chi connectivity index (χ1n) is 8.25. The molecule has 0 saturated heterocycles. The number of carbonyl (C=O) groups is 1. The molecule has 5 nitrogen and oxygen atoms in total. The van der Waals surface area contributed by atoms with Gasteiger partial charge in [-0.15, -0.1) is 24.0 Å². The van der Waals surface area contributed by atoms with Crippen molar-refractivity contribution in [3.63, 3.8) is 0 Å². The van der Waals surface area contributed by atoms with Crippen LogP contribution in [0.3, 0.4) is 0 Å². The van der Waals surface area contributed by atoms with Crippen molar-refractivity contribution in [3.05, 3.63) is 48.0 Å². The van der Waals surface area contributed by atoms with Crippen LogP contribution in [0.2, 0.25) is 0 Å². The van der Waals surface area contributed by atoms with Crippen molar-refractivity contribution in [2.45, 2.75) is 19.9 Å². The smallest absolute Gasteiger partial charge is 0.243 e. The Labute approximate surface area is 166 Å². The fraction of sp³-hybridized carbons (Fsp3) is 0.368. The largest absolute Gasteiger partial charge is 0.357 e. The molecule has 0 aliphatic heterocycles. The van der Waals surface area contributed by atoms with E-state index in [1.807, 2.05) is 19.1 Å². The molecule has 1 unspecified atom stereocenters. The van der Waals surface area contributed by atoms with E-state index < -0.39 is 0 Å². The Morgan fingerprint density at radius 2 is 1.84 bits per heavy atom. The Hall–Kier alpha value is -1.83. The second-order valence-electron chi connectivity index (χ2n) is 5.92. The predicted molar refractivity (Wildman–Crippen MR) is 116 cm³/mol. The first-order valence-corrected chi connectivity index (χ1v) is 8.25. The second-order valence-corrected chi connectivity index (χ2v) is 5.92. The molecule has 0 heterocycles. The maximum atomic E-state index is 11.7. The first kappa shape index (κ1) is 21.2. The fourth-order valence-electron chi connectivity index (χ4n) is 2.52. The van der Waals surface area contributed by atoms with Crippen molar-refractivity contribution in [3.8, 4) is 0 Å². The van der Waals surface area contributed by atoms with Crippen molar-refractivity contribution >= 4 is 46.6 Å². The van der Waals surface area contributed by atoms with Gasteiger partial charge in [0.2, 0.25) is 5.91 Å². The second kappa shape index (κ2) is 10.2. The third kappa shape index (κ3) is 5.88. The van der Waals surface area contributed by atoms with Crippen LogP contribution in [0.25, 0.3) is 10.8 Å². The lowest BCUT2D eigenvalue weighted by atomic mass is 10.00. The van der Waals surface area contributed by atoms with Crippen LogP contribution < -0.4 is 10.6 Å². The first-order chi connectivity index (χ1) is 11.5. The molecule has 0 radical (unpaired) electrons. The normalized spacial score (nSPS) is 12.2. The Bertz CT molecular complexity index is 725. The number of amides is 1. The molecule has 1 atom stereocenters. The van der Waals surface area contributed by atoms with Gasteiger partial charge in [0.25, 0.3) is 0 Å². The SMILES string of the molecule is CCNC(=NCC(=O)N(C)C)NC(C)c1cccc2ccccc12.I. The number of fused-ring (bicyclic) bond motifs is 1. The molecule has 0 bridgehead atoms. The maximum Gasteiger partial charge on any atom is 0.243 e. The topological polar surface area (TPSA) is 56.7 Å². The number of halogens is 1. The van der Waals surface area contributed by atoms with Gasteiger partial charge in [-0.05, 0) is 30.2 Å². The molecule has 6 heteroatoms. The average molecular weight is 454 g/mol. The molecule has 0 saturated carbocycles. The molecule has 2 aromatic rings. The monoisotopic (exact) mass is 454 g/mol. The van der Waals surface area contributed by atoms with Gasteiger partial charge in [-0.25, -0.2) is 4.99 Å². The third-order valence-electron chi connectivity index (χ3n) is 3.86. The highest BCUT2D eigenvalue weighted by Crippen LogP contribution is 2.23. The maximum absolute atomic E-state index is 11.7. The molecular weight excluding hydrogens is 427 g/mol. The molecule has 1 amide bonds. The molecular formula is C19H27IN4O. The van der Waals surface area contributed by atoms with E-state index >= 15 is 0 Å². The number of hydrogen-bond acceptors (Lipinski definition) is 2. The summed E-state index contributed by atoms with van der Waals surface area (Å²) in [6.07, 6.45) is 0. The average Bonchev–Trinajstić information content (AvgIpc) is 2.58. The number of benzene rings is 2. The molecule has 25 heavy (non-hydrogen) atoms. The number of aliphatic imine (C=N–C) groups is 1.